The van der Waals surface area contributed by atoms with E-state index in [4.69, 9.17) is 15.5 Å². The van der Waals surface area contributed by atoms with Crippen molar-refractivity contribution in [1.82, 2.24) is 9.97 Å². The summed E-state index contributed by atoms with van der Waals surface area (Å²) in [6.45, 7) is 3.15. The van der Waals surface area contributed by atoms with E-state index in [0.29, 0.717) is 35.5 Å². The number of amides is 1. The molecule has 0 fully saturated rings. The zero-order chi connectivity index (χ0) is 22.3. The molecule has 0 saturated carbocycles. The highest BCUT2D eigenvalue weighted by Gasteiger charge is 2.15. The molecular weight excluding hydrogens is 442 g/mol. The van der Waals surface area contributed by atoms with Crippen LogP contribution in [0.4, 0.5) is 16.6 Å². The molecule has 0 aliphatic heterocycles. The molecular formula is C23H23N5O2S2. The van der Waals surface area contributed by atoms with E-state index >= 15 is 0 Å². The molecule has 4 N–H and O–H groups in total. The maximum Gasteiger partial charge on any atom is 0.255 e. The highest BCUT2D eigenvalue weighted by atomic mass is 32.1. The normalized spacial score (nSPS) is 10.8. The van der Waals surface area contributed by atoms with Gasteiger partial charge in [0.05, 0.1) is 5.69 Å². The number of nitrogens with two attached hydrogens (primary N) is 1. The van der Waals surface area contributed by atoms with E-state index in [0.717, 1.165) is 27.6 Å². The second-order valence-electron chi connectivity index (χ2n) is 6.90. The molecule has 0 saturated heterocycles. The summed E-state index contributed by atoms with van der Waals surface area (Å²) in [6.07, 6.45) is 0.964. The van der Waals surface area contributed by atoms with Gasteiger partial charge in [0.1, 0.15) is 22.4 Å². The van der Waals surface area contributed by atoms with Crippen molar-refractivity contribution >= 4 is 45.2 Å². The van der Waals surface area contributed by atoms with Crippen LogP contribution in [0, 0.1) is 0 Å². The molecule has 2 aromatic carbocycles. The fourth-order valence-electron chi connectivity index (χ4n) is 2.95. The lowest BCUT2D eigenvalue weighted by atomic mass is 10.1. The molecule has 0 aliphatic rings. The van der Waals surface area contributed by atoms with Crippen molar-refractivity contribution in [3.63, 3.8) is 0 Å². The third kappa shape index (κ3) is 5.31. The van der Waals surface area contributed by atoms with Gasteiger partial charge in [-0.3, -0.25) is 4.79 Å². The van der Waals surface area contributed by atoms with Gasteiger partial charge >= 0.3 is 0 Å². The van der Waals surface area contributed by atoms with Crippen LogP contribution >= 0.6 is 22.7 Å². The van der Waals surface area contributed by atoms with Crippen LogP contribution in [0.1, 0.15) is 23.7 Å². The maximum atomic E-state index is 12.4. The van der Waals surface area contributed by atoms with Gasteiger partial charge in [0.2, 0.25) is 0 Å². The largest absolute Gasteiger partial charge is 0.382 e. The summed E-state index contributed by atoms with van der Waals surface area (Å²) in [5.74, 6) is 0.292. The Kier molecular flexibility index (Phi) is 7.10. The predicted octanol–water partition coefficient (Wildman–Crippen LogP) is 5.56. The second kappa shape index (κ2) is 10.4. The van der Waals surface area contributed by atoms with Crippen LogP contribution < -0.4 is 16.4 Å². The summed E-state index contributed by atoms with van der Waals surface area (Å²) in [7, 11) is 0. The van der Waals surface area contributed by atoms with Gasteiger partial charge in [-0.2, -0.15) is 0 Å². The molecule has 0 aliphatic carbocycles. The first-order chi connectivity index (χ1) is 15.6. The average molecular weight is 466 g/mol. The van der Waals surface area contributed by atoms with Gasteiger partial charge in [-0.25, -0.2) is 9.97 Å². The molecule has 9 heteroatoms. The molecule has 32 heavy (non-hydrogen) atoms. The Labute approximate surface area is 194 Å². The molecule has 0 bridgehead atoms. The second-order valence-corrected chi connectivity index (χ2v) is 8.76. The van der Waals surface area contributed by atoms with Gasteiger partial charge in [0, 0.05) is 28.8 Å². The number of carbonyl (C=O) groups is 1. The first-order valence-corrected chi connectivity index (χ1v) is 11.8. The SMILES string of the molecule is CCCOCNc1nc(N)c(-c2nc(-c3cccc(NC(=O)c4ccccc4)c3)cs2)s1. The van der Waals surface area contributed by atoms with Crippen molar-refractivity contribution < 1.29 is 9.53 Å². The molecule has 164 valence electrons. The minimum absolute atomic E-state index is 0.151. The van der Waals surface area contributed by atoms with E-state index in [1.165, 1.54) is 22.7 Å². The monoisotopic (exact) mass is 465 g/mol. The Morgan fingerprint density at radius 2 is 1.97 bits per heavy atom. The molecule has 2 heterocycles. The standard InChI is InChI=1S/C23H23N5O2S2/c1-2-11-30-14-25-23-28-20(24)19(32-23)22-27-18(13-31-22)16-9-6-10-17(12-16)26-21(29)15-7-4-3-5-8-15/h3-10,12-13H,2,11,14,24H2,1H3,(H,25,28)(H,26,29). The Morgan fingerprint density at radius 1 is 1.12 bits per heavy atom. The minimum Gasteiger partial charge on any atom is -0.382 e. The highest BCUT2D eigenvalue weighted by Crippen LogP contribution is 2.38. The van der Waals surface area contributed by atoms with Crippen LogP contribution in [0.2, 0.25) is 0 Å². The number of nitrogens with one attached hydrogen (secondary N) is 2. The Bertz CT molecular complexity index is 1190. The van der Waals surface area contributed by atoms with Crippen molar-refractivity contribution in [2.75, 3.05) is 29.7 Å². The molecule has 0 radical (unpaired) electrons. The lowest BCUT2D eigenvalue weighted by Crippen LogP contribution is -2.11. The Balaban J connectivity index is 1.48. The average Bonchev–Trinajstić information content (AvgIpc) is 3.44. The molecule has 0 spiro atoms. The quantitative estimate of drug-likeness (QED) is 0.221. The molecule has 0 unspecified atom stereocenters. The predicted molar refractivity (Wildman–Crippen MR) is 132 cm³/mol. The topological polar surface area (TPSA) is 102 Å². The van der Waals surface area contributed by atoms with Crippen LogP contribution in [-0.2, 0) is 4.74 Å². The van der Waals surface area contributed by atoms with Gasteiger partial charge in [0.15, 0.2) is 5.13 Å². The Morgan fingerprint density at radius 3 is 2.78 bits per heavy atom. The third-order valence-electron chi connectivity index (χ3n) is 4.48. The van der Waals surface area contributed by atoms with Crippen LogP contribution in [0.25, 0.3) is 21.1 Å². The van der Waals surface area contributed by atoms with Gasteiger partial charge in [-0.1, -0.05) is 48.6 Å². The van der Waals surface area contributed by atoms with E-state index < -0.39 is 0 Å². The number of rotatable bonds is 9. The smallest absolute Gasteiger partial charge is 0.255 e. The van der Waals surface area contributed by atoms with Crippen molar-refractivity contribution in [2.24, 2.45) is 0 Å². The number of anilines is 3. The molecule has 2 aromatic heterocycles. The van der Waals surface area contributed by atoms with Crippen molar-refractivity contribution in [1.29, 1.82) is 0 Å². The number of ether oxygens (including phenoxy) is 1. The summed E-state index contributed by atoms with van der Waals surface area (Å²) in [5.41, 5.74) is 9.17. The number of nitrogens with zero attached hydrogens (tertiary/aromatic N) is 2. The highest BCUT2D eigenvalue weighted by molar-refractivity contribution is 7.23. The molecule has 0 atom stereocenters. The summed E-state index contributed by atoms with van der Waals surface area (Å²) >= 11 is 2.96. The summed E-state index contributed by atoms with van der Waals surface area (Å²) in [5, 5.41) is 9.55. The number of nitrogen functional groups attached to an aromatic ring is 1. The van der Waals surface area contributed by atoms with Gasteiger partial charge in [-0.15, -0.1) is 11.3 Å². The number of thiazole rings is 2. The van der Waals surface area contributed by atoms with E-state index in [9.17, 15) is 4.79 Å². The van der Waals surface area contributed by atoms with Crippen LogP contribution in [0.3, 0.4) is 0 Å². The first kappa shape index (κ1) is 21.9. The Hall–Kier alpha value is -3.27. The summed E-state index contributed by atoms with van der Waals surface area (Å²) in [4.78, 5) is 22.4. The lowest BCUT2D eigenvalue weighted by molar-refractivity contribution is 0.102. The molecule has 4 aromatic rings. The molecule has 7 nitrogen and oxygen atoms in total. The number of benzene rings is 2. The first-order valence-electron chi connectivity index (χ1n) is 10.1. The van der Waals surface area contributed by atoms with Gasteiger partial charge in [-0.05, 0) is 30.7 Å². The third-order valence-corrected chi connectivity index (χ3v) is 6.50. The number of carbonyl (C=O) groups excluding carboxylic acids is 1. The van der Waals surface area contributed by atoms with E-state index in [1.807, 2.05) is 47.8 Å². The van der Waals surface area contributed by atoms with Crippen molar-refractivity contribution in [3.8, 4) is 21.1 Å². The van der Waals surface area contributed by atoms with Crippen LogP contribution in [0.5, 0.6) is 0 Å². The van der Waals surface area contributed by atoms with Crippen molar-refractivity contribution in [3.05, 3.63) is 65.5 Å². The van der Waals surface area contributed by atoms with Crippen LogP contribution in [0.15, 0.2) is 60.0 Å². The number of aromatic nitrogens is 2. The summed E-state index contributed by atoms with van der Waals surface area (Å²) in [6, 6.07) is 16.8. The summed E-state index contributed by atoms with van der Waals surface area (Å²) < 4.78 is 5.44. The fraction of sp³-hybridized carbons (Fsp3) is 0.174. The van der Waals surface area contributed by atoms with Crippen molar-refractivity contribution in [2.45, 2.75) is 13.3 Å². The zero-order valence-corrected chi connectivity index (χ0v) is 19.1. The molecule has 4 rings (SSSR count). The van der Waals surface area contributed by atoms with Gasteiger partial charge in [0.25, 0.3) is 5.91 Å². The van der Waals surface area contributed by atoms with E-state index in [-0.39, 0.29) is 5.91 Å². The fourth-order valence-corrected chi connectivity index (χ4v) is 4.75. The molecule has 1 amide bonds. The van der Waals surface area contributed by atoms with Crippen LogP contribution in [-0.4, -0.2) is 29.2 Å². The minimum atomic E-state index is -0.151. The maximum absolute atomic E-state index is 12.4. The number of hydrogen-bond donors (Lipinski definition) is 3. The van der Waals surface area contributed by atoms with E-state index in [2.05, 4.69) is 22.5 Å². The number of hydrogen-bond acceptors (Lipinski definition) is 8. The van der Waals surface area contributed by atoms with Gasteiger partial charge < -0.3 is 21.1 Å². The zero-order valence-electron chi connectivity index (χ0n) is 17.5. The lowest BCUT2D eigenvalue weighted by Gasteiger charge is -2.06. The van der Waals surface area contributed by atoms with E-state index in [1.54, 1.807) is 12.1 Å².